The smallest absolute Gasteiger partial charge is 0.327 e. The van der Waals surface area contributed by atoms with Crippen LogP contribution in [0.15, 0.2) is 108 Å². The van der Waals surface area contributed by atoms with E-state index in [4.69, 9.17) is 9.15 Å². The van der Waals surface area contributed by atoms with Gasteiger partial charge < -0.3 is 18.8 Å². The molecule has 0 aliphatic heterocycles. The average molecular weight is 493 g/mol. The SMILES string of the molecule is Cc1oc(-c2ccccc2)nc1CCOc1ccc(CC(C(=O)O)n2cccc2)cc1-c1ccccc1. The summed E-state index contributed by atoms with van der Waals surface area (Å²) in [6.07, 6.45) is 4.53. The number of hydrogen-bond donors (Lipinski definition) is 1. The molecule has 0 spiro atoms. The first-order chi connectivity index (χ1) is 18.1. The number of carboxylic acid groups (broad SMARTS) is 1. The summed E-state index contributed by atoms with van der Waals surface area (Å²) in [7, 11) is 0. The number of carbonyl (C=O) groups is 1. The van der Waals surface area contributed by atoms with Gasteiger partial charge in [-0.2, -0.15) is 0 Å². The molecule has 0 saturated carbocycles. The zero-order chi connectivity index (χ0) is 25.6. The Morgan fingerprint density at radius 2 is 1.62 bits per heavy atom. The number of ether oxygens (including phenoxy) is 1. The van der Waals surface area contributed by atoms with E-state index in [9.17, 15) is 9.90 Å². The van der Waals surface area contributed by atoms with Crippen LogP contribution < -0.4 is 4.74 Å². The molecule has 0 aliphatic rings. The third-order valence-corrected chi connectivity index (χ3v) is 6.34. The van der Waals surface area contributed by atoms with Crippen molar-refractivity contribution in [3.63, 3.8) is 0 Å². The maximum atomic E-state index is 12.0. The van der Waals surface area contributed by atoms with Gasteiger partial charge in [-0.15, -0.1) is 0 Å². The molecule has 6 nitrogen and oxygen atoms in total. The molecular formula is C31H28N2O4. The van der Waals surface area contributed by atoms with Gasteiger partial charge in [0.1, 0.15) is 17.6 Å². The second-order valence-corrected chi connectivity index (χ2v) is 8.87. The maximum absolute atomic E-state index is 12.0. The summed E-state index contributed by atoms with van der Waals surface area (Å²) in [5.41, 5.74) is 4.67. The fraction of sp³-hybridized carbons (Fsp3) is 0.161. The van der Waals surface area contributed by atoms with E-state index in [0.717, 1.165) is 39.5 Å². The Labute approximate surface area is 215 Å². The van der Waals surface area contributed by atoms with Gasteiger partial charge in [0.15, 0.2) is 0 Å². The molecule has 186 valence electrons. The molecule has 0 aliphatic carbocycles. The molecule has 0 fully saturated rings. The summed E-state index contributed by atoms with van der Waals surface area (Å²) in [5.74, 6) is 1.27. The Morgan fingerprint density at radius 1 is 0.946 bits per heavy atom. The number of rotatable bonds is 10. The van der Waals surface area contributed by atoms with Gasteiger partial charge >= 0.3 is 5.97 Å². The van der Waals surface area contributed by atoms with E-state index >= 15 is 0 Å². The largest absolute Gasteiger partial charge is 0.493 e. The molecule has 1 unspecified atom stereocenters. The molecule has 6 heteroatoms. The topological polar surface area (TPSA) is 77.5 Å². The van der Waals surface area contributed by atoms with Crippen LogP contribution in [0.1, 0.15) is 23.1 Å². The van der Waals surface area contributed by atoms with Gasteiger partial charge in [-0.3, -0.25) is 0 Å². The second-order valence-electron chi connectivity index (χ2n) is 8.87. The molecule has 5 rings (SSSR count). The number of benzene rings is 3. The number of nitrogens with zero attached hydrogens (tertiary/aromatic N) is 2. The Bertz CT molecular complexity index is 1460. The van der Waals surface area contributed by atoms with E-state index in [1.165, 1.54) is 0 Å². The highest BCUT2D eigenvalue weighted by atomic mass is 16.5. The lowest BCUT2D eigenvalue weighted by Gasteiger charge is -2.17. The van der Waals surface area contributed by atoms with Crippen LogP contribution in [0, 0.1) is 6.92 Å². The van der Waals surface area contributed by atoms with Crippen molar-refractivity contribution in [1.82, 2.24) is 9.55 Å². The van der Waals surface area contributed by atoms with Crippen LogP contribution in [-0.2, 0) is 17.6 Å². The summed E-state index contributed by atoms with van der Waals surface area (Å²) in [5, 5.41) is 9.81. The first kappa shape index (κ1) is 24.1. The third kappa shape index (κ3) is 5.64. The minimum absolute atomic E-state index is 0.366. The number of aromatic nitrogens is 2. The Kier molecular flexibility index (Phi) is 7.17. The van der Waals surface area contributed by atoms with E-state index in [-0.39, 0.29) is 0 Å². The highest BCUT2D eigenvalue weighted by Gasteiger charge is 2.20. The third-order valence-electron chi connectivity index (χ3n) is 6.34. The van der Waals surface area contributed by atoms with Crippen LogP contribution in [0.2, 0.25) is 0 Å². The summed E-state index contributed by atoms with van der Waals surface area (Å²) < 4.78 is 13.8. The lowest BCUT2D eigenvalue weighted by molar-refractivity contribution is -0.140. The summed E-state index contributed by atoms with van der Waals surface area (Å²) in [6, 6.07) is 28.7. The zero-order valence-electron chi connectivity index (χ0n) is 20.6. The van der Waals surface area contributed by atoms with Crippen molar-refractivity contribution in [3.8, 4) is 28.3 Å². The molecule has 3 aromatic carbocycles. The van der Waals surface area contributed by atoms with Gasteiger partial charge in [-0.25, -0.2) is 9.78 Å². The first-order valence-corrected chi connectivity index (χ1v) is 12.3. The Hall–Kier alpha value is -4.58. The van der Waals surface area contributed by atoms with Gasteiger partial charge in [-0.05, 0) is 54.4 Å². The van der Waals surface area contributed by atoms with Crippen LogP contribution in [0.4, 0.5) is 0 Å². The van der Waals surface area contributed by atoms with Crippen LogP contribution >= 0.6 is 0 Å². The summed E-state index contributed by atoms with van der Waals surface area (Å²) in [6.45, 7) is 2.35. The van der Waals surface area contributed by atoms with Crippen molar-refractivity contribution in [3.05, 3.63) is 120 Å². The first-order valence-electron chi connectivity index (χ1n) is 12.3. The number of carboxylic acids is 1. The highest BCUT2D eigenvalue weighted by Crippen LogP contribution is 2.32. The van der Waals surface area contributed by atoms with Crippen molar-refractivity contribution in [2.24, 2.45) is 0 Å². The Morgan fingerprint density at radius 3 is 2.30 bits per heavy atom. The van der Waals surface area contributed by atoms with E-state index in [1.54, 1.807) is 17.0 Å². The Balaban J connectivity index is 1.35. The molecule has 37 heavy (non-hydrogen) atoms. The number of aryl methyl sites for hydroxylation is 1. The van der Waals surface area contributed by atoms with E-state index in [0.29, 0.717) is 25.3 Å². The molecule has 0 amide bonds. The summed E-state index contributed by atoms with van der Waals surface area (Å²) >= 11 is 0. The van der Waals surface area contributed by atoms with Gasteiger partial charge in [0.2, 0.25) is 5.89 Å². The maximum Gasteiger partial charge on any atom is 0.327 e. The fourth-order valence-corrected chi connectivity index (χ4v) is 4.39. The predicted octanol–water partition coefficient (Wildman–Crippen LogP) is 6.61. The van der Waals surface area contributed by atoms with Gasteiger partial charge in [0.05, 0.1) is 12.3 Å². The average Bonchev–Trinajstić information content (AvgIpc) is 3.59. The van der Waals surface area contributed by atoms with Crippen LogP contribution in [0.3, 0.4) is 0 Å². The number of oxazole rings is 1. The molecule has 0 saturated heterocycles. The molecule has 5 aromatic rings. The lowest BCUT2D eigenvalue weighted by Crippen LogP contribution is -2.20. The van der Waals surface area contributed by atoms with Crippen molar-refractivity contribution >= 4 is 5.97 Å². The molecular weight excluding hydrogens is 464 g/mol. The molecule has 0 bridgehead atoms. The standard InChI is InChI=1S/C31H28N2O4/c1-22-27(32-30(37-22)25-12-6-3-7-13-25)16-19-36-29-15-14-23(20-26(29)24-10-4-2-5-11-24)21-28(31(34)35)33-17-8-9-18-33/h2-15,17-18,20,28H,16,19,21H2,1H3,(H,34,35). The molecule has 2 heterocycles. The predicted molar refractivity (Wildman–Crippen MR) is 143 cm³/mol. The van der Waals surface area contributed by atoms with Gasteiger partial charge in [-0.1, -0.05) is 54.6 Å². The summed E-state index contributed by atoms with van der Waals surface area (Å²) in [4.78, 5) is 16.6. The lowest BCUT2D eigenvalue weighted by atomic mass is 9.98. The van der Waals surface area contributed by atoms with Gasteiger partial charge in [0.25, 0.3) is 0 Å². The zero-order valence-corrected chi connectivity index (χ0v) is 20.6. The molecule has 1 atom stereocenters. The minimum Gasteiger partial charge on any atom is -0.493 e. The van der Waals surface area contributed by atoms with Crippen LogP contribution in [0.5, 0.6) is 5.75 Å². The quantitative estimate of drug-likeness (QED) is 0.237. The normalized spacial score (nSPS) is 11.8. The van der Waals surface area contributed by atoms with Crippen LogP contribution in [0.25, 0.3) is 22.6 Å². The van der Waals surface area contributed by atoms with Crippen LogP contribution in [-0.4, -0.2) is 27.2 Å². The van der Waals surface area contributed by atoms with E-state index in [2.05, 4.69) is 4.98 Å². The number of aliphatic carboxylic acids is 1. The van der Waals surface area contributed by atoms with E-state index < -0.39 is 12.0 Å². The van der Waals surface area contributed by atoms with Crippen molar-refractivity contribution in [2.75, 3.05) is 6.61 Å². The van der Waals surface area contributed by atoms with E-state index in [1.807, 2.05) is 97.9 Å². The molecule has 2 aromatic heterocycles. The molecule has 0 radical (unpaired) electrons. The van der Waals surface area contributed by atoms with Crippen molar-refractivity contribution < 1.29 is 19.1 Å². The number of hydrogen-bond acceptors (Lipinski definition) is 4. The highest BCUT2D eigenvalue weighted by molar-refractivity contribution is 5.74. The monoisotopic (exact) mass is 492 g/mol. The van der Waals surface area contributed by atoms with Crippen molar-refractivity contribution in [1.29, 1.82) is 0 Å². The van der Waals surface area contributed by atoms with Gasteiger partial charge in [0, 0.05) is 36.4 Å². The minimum atomic E-state index is -0.865. The second kappa shape index (κ2) is 11.0. The fourth-order valence-electron chi connectivity index (χ4n) is 4.39. The molecule has 1 N–H and O–H groups in total. The van der Waals surface area contributed by atoms with Crippen molar-refractivity contribution in [2.45, 2.75) is 25.8 Å².